The fourth-order valence-corrected chi connectivity index (χ4v) is 4.17. The highest BCUT2D eigenvalue weighted by atomic mass is 35.5. The maximum atomic E-state index is 13.4. The van der Waals surface area contributed by atoms with Gasteiger partial charge in [0.05, 0.1) is 22.6 Å². The molecule has 1 aromatic heterocycles. The number of imidazole rings is 1. The molecular formula is C24H19ClN4O. The molecule has 1 aliphatic rings. The van der Waals surface area contributed by atoms with Gasteiger partial charge in [0.2, 0.25) is 5.95 Å². The first-order valence-electron chi connectivity index (χ1n) is 9.68. The molecule has 4 aromatic rings. The van der Waals surface area contributed by atoms with Gasteiger partial charge < -0.3 is 10.6 Å². The predicted octanol–water partition coefficient (Wildman–Crippen LogP) is 5.62. The number of carbonyl (C=O) groups is 1. The van der Waals surface area contributed by atoms with Crippen LogP contribution in [-0.4, -0.2) is 15.5 Å². The van der Waals surface area contributed by atoms with Crippen molar-refractivity contribution in [3.8, 4) is 0 Å². The number of aromatic nitrogens is 2. The summed E-state index contributed by atoms with van der Waals surface area (Å²) >= 11 is 6.32. The molecule has 6 heteroatoms. The van der Waals surface area contributed by atoms with Crippen LogP contribution in [0.3, 0.4) is 0 Å². The number of benzene rings is 3. The Bertz CT molecular complexity index is 1290. The maximum absolute atomic E-state index is 13.4. The monoisotopic (exact) mass is 414 g/mol. The second-order valence-corrected chi connectivity index (χ2v) is 7.67. The van der Waals surface area contributed by atoms with Crippen molar-refractivity contribution in [1.82, 2.24) is 9.55 Å². The van der Waals surface area contributed by atoms with E-state index in [-0.39, 0.29) is 11.9 Å². The van der Waals surface area contributed by atoms with Crippen LogP contribution in [-0.2, 0) is 4.79 Å². The van der Waals surface area contributed by atoms with Crippen molar-refractivity contribution in [2.24, 2.45) is 0 Å². The number of fused-ring (bicyclic) bond motifs is 3. The van der Waals surface area contributed by atoms with Gasteiger partial charge in [-0.1, -0.05) is 54.1 Å². The smallest absolute Gasteiger partial charge is 0.255 e. The van der Waals surface area contributed by atoms with Gasteiger partial charge in [0.15, 0.2) is 0 Å². The summed E-state index contributed by atoms with van der Waals surface area (Å²) in [6.07, 6.45) is 0. The van der Waals surface area contributed by atoms with Crippen molar-refractivity contribution in [3.63, 3.8) is 0 Å². The average Bonchev–Trinajstić information content (AvgIpc) is 3.11. The van der Waals surface area contributed by atoms with Gasteiger partial charge in [-0.25, -0.2) is 4.98 Å². The lowest BCUT2D eigenvalue weighted by Gasteiger charge is -2.30. The van der Waals surface area contributed by atoms with Gasteiger partial charge >= 0.3 is 0 Å². The molecule has 30 heavy (non-hydrogen) atoms. The Morgan fingerprint density at radius 3 is 2.60 bits per heavy atom. The molecule has 0 saturated heterocycles. The number of amides is 1. The van der Waals surface area contributed by atoms with Gasteiger partial charge in [-0.15, -0.1) is 0 Å². The molecule has 0 spiro atoms. The molecule has 5 nitrogen and oxygen atoms in total. The summed E-state index contributed by atoms with van der Waals surface area (Å²) in [5.74, 6) is 0.537. The van der Waals surface area contributed by atoms with Gasteiger partial charge in [0.1, 0.15) is 0 Å². The number of nitrogens with one attached hydrogen (secondary N) is 2. The highest BCUT2D eigenvalue weighted by Crippen LogP contribution is 2.40. The highest BCUT2D eigenvalue weighted by Gasteiger charge is 2.34. The Labute approximate surface area is 179 Å². The topological polar surface area (TPSA) is 59.0 Å². The molecule has 0 fully saturated rings. The third-order valence-electron chi connectivity index (χ3n) is 5.27. The number of carbonyl (C=O) groups excluding carboxylic acids is 1. The lowest BCUT2D eigenvalue weighted by atomic mass is 9.94. The second kappa shape index (κ2) is 7.35. The molecule has 2 N–H and O–H groups in total. The molecule has 1 amide bonds. The molecular weight excluding hydrogens is 396 g/mol. The van der Waals surface area contributed by atoms with Crippen LogP contribution in [0.2, 0.25) is 5.02 Å². The Hall–Kier alpha value is -3.57. The minimum absolute atomic E-state index is 0.167. The third kappa shape index (κ3) is 3.13. The first kappa shape index (κ1) is 18.5. The molecule has 3 aromatic carbocycles. The molecule has 0 saturated carbocycles. The van der Waals surface area contributed by atoms with Crippen molar-refractivity contribution in [3.05, 3.63) is 101 Å². The number of hydrogen-bond donors (Lipinski definition) is 2. The Morgan fingerprint density at radius 1 is 1.03 bits per heavy atom. The largest absolute Gasteiger partial charge is 0.329 e. The molecule has 0 unspecified atom stereocenters. The number of hydrogen-bond acceptors (Lipinski definition) is 3. The standard InChI is InChI=1S/C24H19ClN4O/c1-15-21(23(30)27-18-10-3-2-4-11-18)22(16-8-7-9-17(25)14-16)29-20-13-6-5-12-19(20)28-24(29)26-15/h2-14,22H,1H3,(H,26,28)(H,27,30)/t22-/m0/s1. The zero-order valence-corrected chi connectivity index (χ0v) is 17.0. The normalized spacial score (nSPS) is 15.6. The summed E-state index contributed by atoms with van der Waals surface area (Å²) in [7, 11) is 0. The maximum Gasteiger partial charge on any atom is 0.255 e. The molecule has 0 aliphatic carbocycles. The summed E-state index contributed by atoms with van der Waals surface area (Å²) in [4.78, 5) is 18.2. The molecule has 0 radical (unpaired) electrons. The lowest BCUT2D eigenvalue weighted by molar-refractivity contribution is -0.113. The van der Waals surface area contributed by atoms with Crippen LogP contribution in [0.4, 0.5) is 11.6 Å². The van der Waals surface area contributed by atoms with E-state index in [4.69, 9.17) is 16.6 Å². The second-order valence-electron chi connectivity index (χ2n) is 7.24. The third-order valence-corrected chi connectivity index (χ3v) is 5.51. The van der Waals surface area contributed by atoms with E-state index in [2.05, 4.69) is 15.2 Å². The van der Waals surface area contributed by atoms with Crippen LogP contribution in [0.5, 0.6) is 0 Å². The molecule has 148 valence electrons. The van der Waals surface area contributed by atoms with Crippen molar-refractivity contribution in [2.75, 3.05) is 10.6 Å². The molecule has 2 heterocycles. The van der Waals surface area contributed by atoms with E-state index < -0.39 is 0 Å². The number of halogens is 1. The number of anilines is 2. The van der Waals surface area contributed by atoms with Crippen LogP contribution in [0.25, 0.3) is 11.0 Å². The van der Waals surface area contributed by atoms with Gasteiger partial charge in [-0.2, -0.15) is 0 Å². The van der Waals surface area contributed by atoms with Gasteiger partial charge in [0.25, 0.3) is 5.91 Å². The number of nitrogens with zero attached hydrogens (tertiary/aromatic N) is 2. The molecule has 0 bridgehead atoms. The van der Waals surface area contributed by atoms with Crippen molar-refractivity contribution < 1.29 is 4.79 Å². The Balaban J connectivity index is 1.69. The van der Waals surface area contributed by atoms with Crippen molar-refractivity contribution in [2.45, 2.75) is 13.0 Å². The molecule has 1 atom stereocenters. The fraction of sp³-hybridized carbons (Fsp3) is 0.0833. The Morgan fingerprint density at radius 2 is 1.80 bits per heavy atom. The van der Waals surface area contributed by atoms with Crippen LogP contribution in [0.1, 0.15) is 18.5 Å². The Kier molecular flexibility index (Phi) is 4.52. The first-order chi connectivity index (χ1) is 14.6. The van der Waals surface area contributed by atoms with Crippen LogP contribution >= 0.6 is 11.6 Å². The van der Waals surface area contributed by atoms with Crippen LogP contribution in [0.15, 0.2) is 90.1 Å². The van der Waals surface area contributed by atoms with Gasteiger partial charge in [-0.3, -0.25) is 9.36 Å². The quantitative estimate of drug-likeness (QED) is 0.457. The number of allylic oxidation sites excluding steroid dienone is 1. The van der Waals surface area contributed by atoms with Gasteiger partial charge in [0, 0.05) is 16.4 Å². The molecule has 1 aliphatic heterocycles. The minimum atomic E-state index is -0.365. The first-order valence-corrected chi connectivity index (χ1v) is 10.1. The minimum Gasteiger partial charge on any atom is -0.329 e. The lowest BCUT2D eigenvalue weighted by Crippen LogP contribution is -2.30. The van der Waals surface area contributed by atoms with Crippen LogP contribution < -0.4 is 10.6 Å². The van der Waals surface area contributed by atoms with E-state index in [1.165, 1.54) is 0 Å². The summed E-state index contributed by atoms with van der Waals surface area (Å²) < 4.78 is 2.06. The van der Waals surface area contributed by atoms with E-state index in [0.717, 1.165) is 28.0 Å². The summed E-state index contributed by atoms with van der Waals surface area (Å²) in [5.41, 5.74) is 4.86. The summed E-state index contributed by atoms with van der Waals surface area (Å²) in [5, 5.41) is 6.96. The van der Waals surface area contributed by atoms with E-state index in [9.17, 15) is 4.79 Å². The SMILES string of the molecule is CC1=C(C(=O)Nc2ccccc2)[C@H](c2cccc(Cl)c2)n2c(nc3ccccc32)N1. The van der Waals surface area contributed by atoms with E-state index in [0.29, 0.717) is 16.5 Å². The summed E-state index contributed by atoms with van der Waals surface area (Å²) in [6, 6.07) is 24.6. The summed E-state index contributed by atoms with van der Waals surface area (Å²) in [6.45, 7) is 1.90. The number of para-hydroxylation sites is 3. The van der Waals surface area contributed by atoms with Crippen molar-refractivity contribution >= 4 is 40.2 Å². The van der Waals surface area contributed by atoms with Crippen LogP contribution in [0, 0.1) is 0 Å². The average molecular weight is 415 g/mol. The zero-order valence-electron chi connectivity index (χ0n) is 16.3. The zero-order chi connectivity index (χ0) is 20.7. The van der Waals surface area contributed by atoms with Gasteiger partial charge in [-0.05, 0) is 48.9 Å². The van der Waals surface area contributed by atoms with Crippen molar-refractivity contribution in [1.29, 1.82) is 0 Å². The molecule has 5 rings (SSSR count). The van der Waals surface area contributed by atoms with E-state index in [1.807, 2.05) is 85.8 Å². The van der Waals surface area contributed by atoms with E-state index in [1.54, 1.807) is 0 Å². The highest BCUT2D eigenvalue weighted by molar-refractivity contribution is 6.30. The fourth-order valence-electron chi connectivity index (χ4n) is 3.97. The van der Waals surface area contributed by atoms with E-state index >= 15 is 0 Å². The number of rotatable bonds is 3. The predicted molar refractivity (Wildman–Crippen MR) is 121 cm³/mol.